The van der Waals surface area contributed by atoms with Gasteiger partial charge in [0.15, 0.2) is 6.04 Å². The van der Waals surface area contributed by atoms with Crippen LogP contribution in [0.25, 0.3) is 0 Å². The minimum Gasteiger partial charge on any atom is -0.479 e. The Morgan fingerprint density at radius 1 is 1.05 bits per heavy atom. The molecule has 0 fully saturated rings. The number of benzene rings is 2. The summed E-state index contributed by atoms with van der Waals surface area (Å²) in [5.41, 5.74) is 4.83. The molecule has 1 unspecified atom stereocenters. The van der Waals surface area contributed by atoms with Crippen molar-refractivity contribution in [1.82, 2.24) is 0 Å². The van der Waals surface area contributed by atoms with Crippen molar-refractivity contribution in [2.24, 2.45) is 0 Å². The molecule has 3 nitrogen and oxygen atoms in total. The fourth-order valence-corrected chi connectivity index (χ4v) is 2.54. The number of rotatable bonds is 4. The van der Waals surface area contributed by atoms with E-state index in [0.29, 0.717) is 0 Å². The molecule has 110 valence electrons. The zero-order valence-corrected chi connectivity index (χ0v) is 13.9. The smallest absolute Gasteiger partial charge is 0.330 e. The van der Waals surface area contributed by atoms with Crippen LogP contribution in [0.5, 0.6) is 0 Å². The monoisotopic (exact) mass is 347 g/mol. The van der Waals surface area contributed by atoms with Crippen LogP contribution in [0.4, 0.5) is 5.69 Å². The molecule has 0 bridgehead atoms. The highest BCUT2D eigenvalue weighted by molar-refractivity contribution is 9.10. The molecule has 4 heteroatoms. The third-order valence-electron chi connectivity index (χ3n) is 3.60. The van der Waals surface area contributed by atoms with E-state index in [0.717, 1.165) is 26.9 Å². The number of anilines is 1. The Morgan fingerprint density at radius 2 is 1.62 bits per heavy atom. The van der Waals surface area contributed by atoms with E-state index >= 15 is 0 Å². The first-order chi connectivity index (χ1) is 9.88. The lowest BCUT2D eigenvalue weighted by Crippen LogP contribution is -2.21. The summed E-state index contributed by atoms with van der Waals surface area (Å²) in [5, 5.41) is 12.6. The van der Waals surface area contributed by atoms with Gasteiger partial charge in [-0.15, -0.1) is 0 Å². The van der Waals surface area contributed by atoms with Crippen LogP contribution in [0, 0.1) is 20.8 Å². The average Bonchev–Trinajstić information content (AvgIpc) is 2.42. The summed E-state index contributed by atoms with van der Waals surface area (Å²) in [4.78, 5) is 11.6. The Labute approximate surface area is 133 Å². The number of hydrogen-bond donors (Lipinski definition) is 2. The summed E-state index contributed by atoms with van der Waals surface area (Å²) in [6, 6.07) is 10.7. The van der Waals surface area contributed by atoms with Crippen molar-refractivity contribution in [3.63, 3.8) is 0 Å². The normalized spacial score (nSPS) is 12.0. The number of aliphatic carboxylic acids is 1. The van der Waals surface area contributed by atoms with Crippen LogP contribution in [0.15, 0.2) is 40.9 Å². The van der Waals surface area contributed by atoms with Crippen molar-refractivity contribution in [2.45, 2.75) is 26.8 Å². The number of nitrogens with one attached hydrogen (secondary N) is 1. The predicted octanol–water partition coefficient (Wildman–Crippen LogP) is 4.61. The van der Waals surface area contributed by atoms with E-state index in [9.17, 15) is 9.90 Å². The Morgan fingerprint density at radius 3 is 2.19 bits per heavy atom. The van der Waals surface area contributed by atoms with E-state index < -0.39 is 12.0 Å². The molecule has 0 radical (unpaired) electrons. The third kappa shape index (κ3) is 3.64. The second kappa shape index (κ2) is 6.31. The standard InChI is InChI=1S/C17H18BrNO2/c1-10-8-12(3)15(9-11(10)2)16(17(20)21)19-14-6-4-13(18)5-7-14/h4-9,16,19H,1-3H3,(H,20,21). The number of halogens is 1. The zero-order chi connectivity index (χ0) is 15.6. The minimum absolute atomic E-state index is 0.759. The summed E-state index contributed by atoms with van der Waals surface area (Å²) < 4.78 is 0.960. The van der Waals surface area contributed by atoms with Gasteiger partial charge in [-0.1, -0.05) is 28.1 Å². The third-order valence-corrected chi connectivity index (χ3v) is 4.12. The average molecular weight is 348 g/mol. The van der Waals surface area contributed by atoms with Gasteiger partial charge in [-0.2, -0.15) is 0 Å². The lowest BCUT2D eigenvalue weighted by atomic mass is 9.95. The zero-order valence-electron chi connectivity index (χ0n) is 12.3. The number of carboxylic acids is 1. The van der Waals surface area contributed by atoms with Gasteiger partial charge in [-0.05, 0) is 67.3 Å². The van der Waals surface area contributed by atoms with Crippen LogP contribution >= 0.6 is 15.9 Å². The van der Waals surface area contributed by atoms with Crippen LogP contribution in [-0.4, -0.2) is 11.1 Å². The molecule has 0 saturated carbocycles. The maximum absolute atomic E-state index is 11.6. The van der Waals surface area contributed by atoms with Gasteiger partial charge in [0.05, 0.1) is 0 Å². The second-order valence-corrected chi connectivity index (χ2v) is 6.13. The molecule has 0 aliphatic rings. The van der Waals surface area contributed by atoms with Crippen molar-refractivity contribution in [1.29, 1.82) is 0 Å². The molecule has 1 atom stereocenters. The van der Waals surface area contributed by atoms with Gasteiger partial charge in [-0.3, -0.25) is 0 Å². The molecule has 0 heterocycles. The molecular formula is C17H18BrNO2. The largest absolute Gasteiger partial charge is 0.479 e. The second-order valence-electron chi connectivity index (χ2n) is 5.22. The van der Waals surface area contributed by atoms with Crippen LogP contribution in [0.1, 0.15) is 28.3 Å². The number of carboxylic acid groups (broad SMARTS) is 1. The molecule has 2 aromatic carbocycles. The lowest BCUT2D eigenvalue weighted by Gasteiger charge is -2.19. The first-order valence-corrected chi connectivity index (χ1v) is 7.50. The van der Waals surface area contributed by atoms with Gasteiger partial charge >= 0.3 is 5.97 Å². The van der Waals surface area contributed by atoms with Gasteiger partial charge in [0, 0.05) is 10.2 Å². The van der Waals surface area contributed by atoms with Crippen LogP contribution < -0.4 is 5.32 Å². The van der Waals surface area contributed by atoms with Crippen molar-refractivity contribution in [3.05, 3.63) is 63.1 Å². The van der Waals surface area contributed by atoms with Crippen molar-refractivity contribution in [3.8, 4) is 0 Å². The first kappa shape index (κ1) is 15.6. The van der Waals surface area contributed by atoms with Gasteiger partial charge in [0.1, 0.15) is 0 Å². The molecule has 0 saturated heterocycles. The SMILES string of the molecule is Cc1cc(C)c(C(Nc2ccc(Br)cc2)C(=O)O)cc1C. The Kier molecular flexibility index (Phi) is 4.68. The highest BCUT2D eigenvalue weighted by Gasteiger charge is 2.22. The fourth-order valence-electron chi connectivity index (χ4n) is 2.28. The summed E-state index contributed by atoms with van der Waals surface area (Å²) >= 11 is 3.37. The Balaban J connectivity index is 2.38. The van der Waals surface area contributed by atoms with Gasteiger partial charge < -0.3 is 10.4 Å². The maximum Gasteiger partial charge on any atom is 0.330 e. The van der Waals surface area contributed by atoms with E-state index in [1.807, 2.05) is 57.2 Å². The fraction of sp³-hybridized carbons (Fsp3) is 0.235. The number of aryl methyl sites for hydroxylation is 3. The van der Waals surface area contributed by atoms with Crippen LogP contribution in [0.2, 0.25) is 0 Å². The molecular weight excluding hydrogens is 330 g/mol. The van der Waals surface area contributed by atoms with Crippen molar-refractivity contribution >= 4 is 27.6 Å². The van der Waals surface area contributed by atoms with Gasteiger partial charge in [0.2, 0.25) is 0 Å². The summed E-state index contributed by atoms with van der Waals surface area (Å²) in [7, 11) is 0. The van der Waals surface area contributed by atoms with E-state index in [1.54, 1.807) is 0 Å². The summed E-state index contributed by atoms with van der Waals surface area (Å²) in [5.74, 6) is -0.885. The molecule has 21 heavy (non-hydrogen) atoms. The van der Waals surface area contributed by atoms with Crippen LogP contribution in [-0.2, 0) is 4.79 Å². The molecule has 2 rings (SSSR count). The highest BCUT2D eigenvalue weighted by Crippen LogP contribution is 2.26. The topological polar surface area (TPSA) is 49.3 Å². The summed E-state index contributed by atoms with van der Waals surface area (Å²) in [6.07, 6.45) is 0. The molecule has 0 amide bonds. The van der Waals surface area contributed by atoms with E-state index in [-0.39, 0.29) is 0 Å². The number of hydrogen-bond acceptors (Lipinski definition) is 2. The van der Waals surface area contributed by atoms with Crippen molar-refractivity contribution in [2.75, 3.05) is 5.32 Å². The highest BCUT2D eigenvalue weighted by atomic mass is 79.9. The van der Waals surface area contributed by atoms with Crippen molar-refractivity contribution < 1.29 is 9.90 Å². The first-order valence-electron chi connectivity index (χ1n) is 6.71. The lowest BCUT2D eigenvalue weighted by molar-refractivity contribution is -0.138. The Bertz CT molecular complexity index is 665. The molecule has 0 aliphatic heterocycles. The van der Waals surface area contributed by atoms with E-state index in [1.165, 1.54) is 5.56 Å². The van der Waals surface area contributed by atoms with Gasteiger partial charge in [-0.25, -0.2) is 4.79 Å². The maximum atomic E-state index is 11.6. The minimum atomic E-state index is -0.885. The van der Waals surface area contributed by atoms with E-state index in [4.69, 9.17) is 0 Å². The molecule has 2 N–H and O–H groups in total. The quantitative estimate of drug-likeness (QED) is 0.848. The van der Waals surface area contributed by atoms with Gasteiger partial charge in [0.25, 0.3) is 0 Å². The molecule has 0 spiro atoms. The molecule has 2 aromatic rings. The number of carbonyl (C=O) groups is 1. The van der Waals surface area contributed by atoms with E-state index in [2.05, 4.69) is 21.2 Å². The van der Waals surface area contributed by atoms with Crippen LogP contribution in [0.3, 0.4) is 0 Å². The summed E-state index contributed by atoms with van der Waals surface area (Å²) in [6.45, 7) is 5.97. The molecule has 0 aliphatic carbocycles. The Hall–Kier alpha value is -1.81. The predicted molar refractivity (Wildman–Crippen MR) is 88.8 cm³/mol. The molecule has 0 aromatic heterocycles.